The van der Waals surface area contributed by atoms with Crippen LogP contribution >= 0.6 is 11.8 Å². The van der Waals surface area contributed by atoms with Crippen molar-refractivity contribution in [3.63, 3.8) is 0 Å². The molecule has 0 amide bonds. The Hall–Kier alpha value is -2.44. The summed E-state index contributed by atoms with van der Waals surface area (Å²) in [6, 6.07) is 11.9. The summed E-state index contributed by atoms with van der Waals surface area (Å²) in [4.78, 5) is 13.2. The molecule has 0 unspecified atom stereocenters. The van der Waals surface area contributed by atoms with E-state index >= 15 is 0 Å². The monoisotopic (exact) mass is 366 g/mol. The Kier molecular flexibility index (Phi) is 6.57. The van der Waals surface area contributed by atoms with E-state index in [-0.39, 0.29) is 0 Å². The molecule has 5 nitrogen and oxygen atoms in total. The first-order valence-electron chi connectivity index (χ1n) is 8.61. The molecular formula is C20H22N4OS. The van der Waals surface area contributed by atoms with Crippen LogP contribution in [0.25, 0.3) is 11.3 Å². The summed E-state index contributed by atoms with van der Waals surface area (Å²) < 4.78 is 5.83. The lowest BCUT2D eigenvalue weighted by Gasteiger charge is -2.07. The number of aryl methyl sites for hydroxylation is 1. The summed E-state index contributed by atoms with van der Waals surface area (Å²) in [6.07, 6.45) is 5.26. The second kappa shape index (κ2) is 9.31. The molecule has 134 valence electrons. The van der Waals surface area contributed by atoms with Crippen LogP contribution < -0.4 is 10.1 Å². The molecule has 0 atom stereocenters. The van der Waals surface area contributed by atoms with Crippen molar-refractivity contribution in [2.75, 3.05) is 18.8 Å². The number of hydrogen-bond acceptors (Lipinski definition) is 6. The molecule has 1 aromatic carbocycles. The molecule has 1 N–H and O–H groups in total. The van der Waals surface area contributed by atoms with E-state index in [0.717, 1.165) is 46.4 Å². The smallest absolute Gasteiger partial charge is 0.238 e. The molecular weight excluding hydrogens is 344 g/mol. The van der Waals surface area contributed by atoms with Gasteiger partial charge in [0.2, 0.25) is 5.88 Å². The van der Waals surface area contributed by atoms with Crippen LogP contribution in [-0.4, -0.2) is 33.8 Å². The van der Waals surface area contributed by atoms with Gasteiger partial charge in [-0.3, -0.25) is 9.97 Å². The Morgan fingerprint density at radius 3 is 2.62 bits per heavy atom. The topological polar surface area (TPSA) is 59.9 Å². The lowest BCUT2D eigenvalue weighted by molar-refractivity contribution is 0.455. The van der Waals surface area contributed by atoms with Gasteiger partial charge in [-0.2, -0.15) is 0 Å². The molecule has 0 aliphatic rings. The number of rotatable bonds is 8. The van der Waals surface area contributed by atoms with E-state index in [1.54, 1.807) is 24.2 Å². The van der Waals surface area contributed by atoms with Crippen LogP contribution in [0.1, 0.15) is 12.5 Å². The molecule has 0 spiro atoms. The third kappa shape index (κ3) is 5.28. The van der Waals surface area contributed by atoms with Crippen LogP contribution in [0.4, 0.5) is 0 Å². The molecule has 2 aromatic heterocycles. The number of pyridine rings is 1. The third-order valence-electron chi connectivity index (χ3n) is 3.65. The van der Waals surface area contributed by atoms with Crippen molar-refractivity contribution < 1.29 is 4.74 Å². The zero-order valence-corrected chi connectivity index (χ0v) is 15.8. The molecule has 0 saturated heterocycles. The van der Waals surface area contributed by atoms with Crippen LogP contribution in [0.5, 0.6) is 11.6 Å². The molecule has 0 radical (unpaired) electrons. The minimum Gasteiger partial charge on any atom is -0.437 e. The summed E-state index contributed by atoms with van der Waals surface area (Å²) in [7, 11) is 0. The standard InChI is InChI=1S/C20H22N4OS/c1-3-21-10-11-26-20-14-22-13-19(24-20)25-17-7-5-16(6-8-17)18-9-4-15(2)12-23-18/h4-9,12-14,21H,3,10-11H2,1-2H3. The first-order chi connectivity index (χ1) is 12.7. The summed E-state index contributed by atoms with van der Waals surface area (Å²) in [5.74, 6) is 2.18. The number of thioether (sulfide) groups is 1. The van der Waals surface area contributed by atoms with Gasteiger partial charge in [0, 0.05) is 24.1 Å². The minimum atomic E-state index is 0.500. The van der Waals surface area contributed by atoms with Crippen molar-refractivity contribution in [2.45, 2.75) is 18.9 Å². The normalized spacial score (nSPS) is 10.7. The first-order valence-corrected chi connectivity index (χ1v) is 9.59. The summed E-state index contributed by atoms with van der Waals surface area (Å²) in [5.41, 5.74) is 3.15. The van der Waals surface area contributed by atoms with Crippen molar-refractivity contribution in [1.82, 2.24) is 20.3 Å². The van der Waals surface area contributed by atoms with E-state index in [1.165, 1.54) is 0 Å². The van der Waals surface area contributed by atoms with Gasteiger partial charge in [-0.15, -0.1) is 11.8 Å². The van der Waals surface area contributed by atoms with Crippen molar-refractivity contribution in [3.05, 3.63) is 60.6 Å². The van der Waals surface area contributed by atoms with Crippen LogP contribution in [0, 0.1) is 6.92 Å². The molecule has 3 aromatic rings. The van der Waals surface area contributed by atoms with E-state index in [0.29, 0.717) is 5.88 Å². The highest BCUT2D eigenvalue weighted by molar-refractivity contribution is 7.99. The average molecular weight is 366 g/mol. The van der Waals surface area contributed by atoms with Gasteiger partial charge < -0.3 is 10.1 Å². The van der Waals surface area contributed by atoms with Crippen LogP contribution in [-0.2, 0) is 0 Å². The zero-order chi connectivity index (χ0) is 18.2. The van der Waals surface area contributed by atoms with Crippen LogP contribution in [0.3, 0.4) is 0 Å². The molecule has 6 heteroatoms. The van der Waals surface area contributed by atoms with Gasteiger partial charge in [0.1, 0.15) is 10.8 Å². The molecule has 26 heavy (non-hydrogen) atoms. The van der Waals surface area contributed by atoms with Crippen molar-refractivity contribution in [2.24, 2.45) is 0 Å². The minimum absolute atomic E-state index is 0.500. The predicted octanol–water partition coefficient (Wildman–Crippen LogP) is 4.34. The third-order valence-corrected chi connectivity index (χ3v) is 4.55. The fraction of sp³-hybridized carbons (Fsp3) is 0.250. The second-order valence-corrected chi connectivity index (χ2v) is 6.86. The number of nitrogens with one attached hydrogen (secondary N) is 1. The molecule has 2 heterocycles. The number of hydrogen-bond donors (Lipinski definition) is 1. The zero-order valence-electron chi connectivity index (χ0n) is 15.0. The van der Waals surface area contributed by atoms with E-state index in [2.05, 4.69) is 33.3 Å². The Bertz CT molecular complexity index is 822. The highest BCUT2D eigenvalue weighted by Gasteiger charge is 2.04. The van der Waals surface area contributed by atoms with Crippen molar-refractivity contribution in [3.8, 4) is 22.9 Å². The number of benzene rings is 1. The fourth-order valence-electron chi connectivity index (χ4n) is 2.31. The average Bonchev–Trinajstić information content (AvgIpc) is 2.67. The maximum absolute atomic E-state index is 5.83. The van der Waals surface area contributed by atoms with Crippen LogP contribution in [0.2, 0.25) is 0 Å². The van der Waals surface area contributed by atoms with Gasteiger partial charge in [0.25, 0.3) is 0 Å². The Morgan fingerprint density at radius 1 is 1.04 bits per heavy atom. The predicted molar refractivity (Wildman–Crippen MR) is 106 cm³/mol. The second-order valence-electron chi connectivity index (χ2n) is 5.74. The Morgan fingerprint density at radius 2 is 1.88 bits per heavy atom. The molecule has 0 bridgehead atoms. The fourth-order valence-corrected chi connectivity index (χ4v) is 3.05. The molecule has 0 saturated carbocycles. The lowest BCUT2D eigenvalue weighted by Crippen LogP contribution is -2.15. The number of aromatic nitrogens is 3. The van der Waals surface area contributed by atoms with Gasteiger partial charge in [-0.05, 0) is 49.4 Å². The first kappa shape index (κ1) is 18.4. The maximum Gasteiger partial charge on any atom is 0.238 e. The van der Waals surface area contributed by atoms with Crippen molar-refractivity contribution >= 4 is 11.8 Å². The van der Waals surface area contributed by atoms with E-state index in [9.17, 15) is 0 Å². The van der Waals surface area contributed by atoms with Crippen LogP contribution in [0.15, 0.2) is 60.0 Å². The summed E-state index contributed by atoms with van der Waals surface area (Å²) in [6.45, 7) is 6.05. The highest BCUT2D eigenvalue weighted by atomic mass is 32.2. The highest BCUT2D eigenvalue weighted by Crippen LogP contribution is 2.25. The molecule has 0 fully saturated rings. The van der Waals surface area contributed by atoms with Gasteiger partial charge in [0.05, 0.1) is 18.1 Å². The Labute approximate surface area is 158 Å². The SMILES string of the molecule is CCNCCSc1cncc(Oc2ccc(-c3ccc(C)cn3)cc2)n1. The van der Waals surface area contributed by atoms with Gasteiger partial charge in [-0.1, -0.05) is 13.0 Å². The van der Waals surface area contributed by atoms with Gasteiger partial charge in [0.15, 0.2) is 0 Å². The van der Waals surface area contributed by atoms with Crippen molar-refractivity contribution in [1.29, 1.82) is 0 Å². The van der Waals surface area contributed by atoms with E-state index in [4.69, 9.17) is 4.74 Å². The summed E-state index contributed by atoms with van der Waals surface area (Å²) in [5, 5.41) is 4.15. The Balaban J connectivity index is 1.62. The molecule has 0 aliphatic heterocycles. The molecule has 3 rings (SSSR count). The number of nitrogens with zero attached hydrogens (tertiary/aromatic N) is 3. The quantitative estimate of drug-likeness (QED) is 0.473. The number of ether oxygens (including phenoxy) is 1. The van der Waals surface area contributed by atoms with Gasteiger partial charge >= 0.3 is 0 Å². The molecule has 0 aliphatic carbocycles. The van der Waals surface area contributed by atoms with Gasteiger partial charge in [-0.25, -0.2) is 4.98 Å². The lowest BCUT2D eigenvalue weighted by atomic mass is 10.1. The summed E-state index contributed by atoms with van der Waals surface area (Å²) >= 11 is 1.66. The largest absolute Gasteiger partial charge is 0.437 e. The van der Waals surface area contributed by atoms with E-state index < -0.39 is 0 Å². The van der Waals surface area contributed by atoms with E-state index in [1.807, 2.05) is 43.5 Å². The maximum atomic E-state index is 5.83.